The molecule has 5 N–H and O–H groups in total. The first kappa shape index (κ1) is 18.7. The lowest BCUT2D eigenvalue weighted by Gasteiger charge is -2.23. The Balaban J connectivity index is 2.15. The molecule has 3 rings (SSSR count). The van der Waals surface area contributed by atoms with Gasteiger partial charge in [0.25, 0.3) is 0 Å². The van der Waals surface area contributed by atoms with Crippen LogP contribution in [-0.4, -0.2) is 37.1 Å². The Morgan fingerprint density at radius 3 is 2.19 bits per heavy atom. The van der Waals surface area contributed by atoms with Crippen LogP contribution >= 0.6 is 0 Å². The number of aromatic hydroxyl groups is 4. The average molecular weight is 372 g/mol. The first-order chi connectivity index (χ1) is 12.8. The summed E-state index contributed by atoms with van der Waals surface area (Å²) in [4.78, 5) is 25.5. The van der Waals surface area contributed by atoms with Gasteiger partial charge in [0.05, 0.1) is 22.8 Å². The van der Waals surface area contributed by atoms with Gasteiger partial charge in [0, 0.05) is 17.2 Å². The molecule has 1 aliphatic rings. The fourth-order valence-electron chi connectivity index (χ4n) is 3.44. The Morgan fingerprint density at radius 2 is 1.52 bits per heavy atom. The van der Waals surface area contributed by atoms with Gasteiger partial charge in [-0.1, -0.05) is 26.2 Å². The molecular formula is C20H20O7. The molecule has 1 atom stereocenters. The first-order valence-electron chi connectivity index (χ1n) is 8.70. The second-order valence-corrected chi connectivity index (χ2v) is 6.64. The van der Waals surface area contributed by atoms with Crippen molar-refractivity contribution in [1.29, 1.82) is 0 Å². The summed E-state index contributed by atoms with van der Waals surface area (Å²) in [6.07, 6.45) is 1.49. The lowest BCUT2D eigenvalue weighted by atomic mass is 9.81. The molecule has 0 fully saturated rings. The number of phenols is 4. The van der Waals surface area contributed by atoms with Crippen LogP contribution in [0.15, 0.2) is 18.2 Å². The predicted molar refractivity (Wildman–Crippen MR) is 95.5 cm³/mol. The third-order valence-electron chi connectivity index (χ3n) is 4.78. The lowest BCUT2D eigenvalue weighted by molar-refractivity contribution is 0.0971. The van der Waals surface area contributed by atoms with Gasteiger partial charge in [-0.2, -0.15) is 0 Å². The first-order valence-corrected chi connectivity index (χ1v) is 8.70. The van der Waals surface area contributed by atoms with Crippen molar-refractivity contribution in [2.24, 2.45) is 0 Å². The number of aliphatic hydroxyl groups is 1. The van der Waals surface area contributed by atoms with Crippen molar-refractivity contribution in [2.45, 2.75) is 38.7 Å². The number of hydrogen-bond acceptors (Lipinski definition) is 7. The largest absolute Gasteiger partial charge is 0.508 e. The minimum atomic E-state index is -1.21. The van der Waals surface area contributed by atoms with Crippen LogP contribution in [0.2, 0.25) is 0 Å². The van der Waals surface area contributed by atoms with Crippen molar-refractivity contribution in [3.05, 3.63) is 46.0 Å². The quantitative estimate of drug-likeness (QED) is 0.435. The molecular weight excluding hydrogens is 352 g/mol. The fourth-order valence-corrected chi connectivity index (χ4v) is 3.44. The molecule has 0 heterocycles. The van der Waals surface area contributed by atoms with Crippen molar-refractivity contribution in [2.75, 3.05) is 0 Å². The van der Waals surface area contributed by atoms with E-state index in [1.54, 1.807) is 0 Å². The predicted octanol–water partition coefficient (Wildman–Crippen LogP) is 2.90. The Bertz CT molecular complexity index is 946. The monoisotopic (exact) mass is 372 g/mol. The highest BCUT2D eigenvalue weighted by Crippen LogP contribution is 2.45. The van der Waals surface area contributed by atoms with Crippen molar-refractivity contribution in [1.82, 2.24) is 0 Å². The zero-order valence-electron chi connectivity index (χ0n) is 14.7. The third kappa shape index (κ3) is 3.00. The van der Waals surface area contributed by atoms with E-state index in [1.807, 2.05) is 6.92 Å². The number of rotatable bonds is 5. The zero-order valence-corrected chi connectivity index (χ0v) is 14.7. The molecule has 1 unspecified atom stereocenters. The summed E-state index contributed by atoms with van der Waals surface area (Å²) < 4.78 is 0. The number of aliphatic hydroxyl groups excluding tert-OH is 1. The second-order valence-electron chi connectivity index (χ2n) is 6.64. The fraction of sp³-hybridized carbons (Fsp3) is 0.300. The number of unbranched alkanes of at least 4 members (excludes halogenated alkanes) is 2. The Hall–Kier alpha value is -3.06. The smallest absolute Gasteiger partial charge is 0.201 e. The number of carbonyl (C=O) groups excluding carboxylic acids is 2. The molecule has 0 spiro atoms. The SMILES string of the molecule is CCCCCC(O)c1c(O)cc2c(c1O)C(=O)c1c(O)cc(O)cc1C2=O. The standard InChI is InChI=1S/C20H20O7/c1-2-3-4-5-12(22)17-14(24)8-11-16(20(17)27)19(26)15-10(18(11)25)6-9(21)7-13(15)23/h6-8,12,21-24,27H,2-5H2,1H3. The number of carbonyl (C=O) groups is 2. The van der Waals surface area contributed by atoms with E-state index in [1.165, 1.54) is 0 Å². The summed E-state index contributed by atoms with van der Waals surface area (Å²) in [7, 11) is 0. The van der Waals surface area contributed by atoms with Gasteiger partial charge in [-0.25, -0.2) is 0 Å². The van der Waals surface area contributed by atoms with Gasteiger partial charge in [-0.3, -0.25) is 9.59 Å². The molecule has 1 aliphatic carbocycles. The van der Waals surface area contributed by atoms with Crippen LogP contribution in [0, 0.1) is 0 Å². The maximum absolute atomic E-state index is 12.8. The number of fused-ring (bicyclic) bond motifs is 2. The number of ketones is 2. The van der Waals surface area contributed by atoms with E-state index in [-0.39, 0.29) is 34.2 Å². The van der Waals surface area contributed by atoms with E-state index in [9.17, 15) is 35.1 Å². The van der Waals surface area contributed by atoms with Crippen LogP contribution in [-0.2, 0) is 0 Å². The lowest BCUT2D eigenvalue weighted by Crippen LogP contribution is -2.22. The molecule has 0 amide bonds. The van der Waals surface area contributed by atoms with Crippen molar-refractivity contribution >= 4 is 11.6 Å². The highest BCUT2D eigenvalue weighted by Gasteiger charge is 2.37. The number of hydrogen-bond donors (Lipinski definition) is 5. The van der Waals surface area contributed by atoms with Gasteiger partial charge in [0.1, 0.15) is 23.0 Å². The van der Waals surface area contributed by atoms with Gasteiger partial charge < -0.3 is 25.5 Å². The van der Waals surface area contributed by atoms with Crippen LogP contribution in [0.4, 0.5) is 0 Å². The minimum absolute atomic E-state index is 0.215. The van der Waals surface area contributed by atoms with Crippen LogP contribution in [0.25, 0.3) is 0 Å². The molecule has 0 aromatic heterocycles. The molecule has 27 heavy (non-hydrogen) atoms. The summed E-state index contributed by atoms with van der Waals surface area (Å²) in [5.74, 6) is -3.71. The van der Waals surface area contributed by atoms with Gasteiger partial charge >= 0.3 is 0 Å². The molecule has 2 aromatic carbocycles. The van der Waals surface area contributed by atoms with Crippen molar-refractivity contribution in [3.8, 4) is 23.0 Å². The van der Waals surface area contributed by atoms with E-state index >= 15 is 0 Å². The normalized spacial score (nSPS) is 14.0. The summed E-state index contributed by atoms with van der Waals surface area (Å²) in [5.41, 5.74) is -1.40. The molecule has 0 radical (unpaired) electrons. The topological polar surface area (TPSA) is 135 Å². The van der Waals surface area contributed by atoms with E-state index in [4.69, 9.17) is 0 Å². The second kappa shape index (κ2) is 6.92. The van der Waals surface area contributed by atoms with E-state index in [0.717, 1.165) is 31.0 Å². The summed E-state index contributed by atoms with van der Waals surface area (Å²) in [6, 6.07) is 2.99. The van der Waals surface area contributed by atoms with E-state index in [0.29, 0.717) is 6.42 Å². The van der Waals surface area contributed by atoms with E-state index < -0.39 is 40.7 Å². The average Bonchev–Trinajstić information content (AvgIpc) is 2.58. The molecule has 2 aromatic rings. The molecule has 0 bridgehead atoms. The van der Waals surface area contributed by atoms with Gasteiger partial charge in [0.15, 0.2) is 5.78 Å². The molecule has 0 saturated heterocycles. The molecule has 7 nitrogen and oxygen atoms in total. The highest BCUT2D eigenvalue weighted by molar-refractivity contribution is 6.30. The van der Waals surface area contributed by atoms with Gasteiger partial charge in [-0.05, 0) is 18.6 Å². The molecule has 142 valence electrons. The number of phenolic OH excluding ortho intramolecular Hbond substituents is 4. The maximum Gasteiger partial charge on any atom is 0.201 e. The maximum atomic E-state index is 12.8. The minimum Gasteiger partial charge on any atom is -0.508 e. The molecule has 7 heteroatoms. The molecule has 0 saturated carbocycles. The Labute approximate surface area is 155 Å². The highest BCUT2D eigenvalue weighted by atomic mass is 16.3. The van der Waals surface area contributed by atoms with Crippen LogP contribution in [0.3, 0.4) is 0 Å². The zero-order chi connectivity index (χ0) is 19.9. The number of benzene rings is 2. The summed E-state index contributed by atoms with van der Waals surface area (Å²) >= 11 is 0. The molecule has 0 aliphatic heterocycles. The summed E-state index contributed by atoms with van der Waals surface area (Å²) in [6.45, 7) is 1.99. The van der Waals surface area contributed by atoms with E-state index in [2.05, 4.69) is 0 Å². The van der Waals surface area contributed by atoms with Crippen LogP contribution in [0.5, 0.6) is 23.0 Å². The summed E-state index contributed by atoms with van der Waals surface area (Å²) in [5, 5.41) is 50.8. The van der Waals surface area contributed by atoms with Gasteiger partial charge in [-0.15, -0.1) is 0 Å². The van der Waals surface area contributed by atoms with Crippen molar-refractivity contribution < 1.29 is 35.1 Å². The van der Waals surface area contributed by atoms with Crippen molar-refractivity contribution in [3.63, 3.8) is 0 Å². The van der Waals surface area contributed by atoms with Crippen LogP contribution < -0.4 is 0 Å². The van der Waals surface area contributed by atoms with Gasteiger partial charge in [0.2, 0.25) is 5.78 Å². The third-order valence-corrected chi connectivity index (χ3v) is 4.78. The Kier molecular flexibility index (Phi) is 4.80. The van der Waals surface area contributed by atoms with Crippen LogP contribution in [0.1, 0.15) is 76.1 Å². The Morgan fingerprint density at radius 1 is 0.852 bits per heavy atom.